The zero-order valence-corrected chi connectivity index (χ0v) is 12.4. The van der Waals surface area contributed by atoms with E-state index in [2.05, 4.69) is 30.1 Å². The molecule has 2 aromatic rings. The molecule has 0 bridgehead atoms. The van der Waals surface area contributed by atoms with Crippen LogP contribution in [0.2, 0.25) is 5.02 Å². The summed E-state index contributed by atoms with van der Waals surface area (Å²) < 4.78 is 0. The van der Waals surface area contributed by atoms with Gasteiger partial charge in [-0.3, -0.25) is 4.90 Å². The number of rotatable bonds is 3. The summed E-state index contributed by atoms with van der Waals surface area (Å²) in [6.07, 6.45) is 2.28. The maximum atomic E-state index is 6.05. The highest BCUT2D eigenvalue weighted by Gasteiger charge is 2.25. The van der Waals surface area contributed by atoms with Gasteiger partial charge in [-0.1, -0.05) is 29.8 Å². The molecule has 2 N–H and O–H groups in total. The van der Waals surface area contributed by atoms with Crippen LogP contribution >= 0.6 is 11.6 Å². The van der Waals surface area contributed by atoms with E-state index in [1.54, 1.807) is 0 Å². The SMILES string of the molecule is CN(Cc1cccc(Cl)c1)C1CCc2cc(N)ccc21. The van der Waals surface area contributed by atoms with E-state index in [0.29, 0.717) is 6.04 Å². The van der Waals surface area contributed by atoms with Gasteiger partial charge in [0.15, 0.2) is 0 Å². The van der Waals surface area contributed by atoms with Gasteiger partial charge in [0.05, 0.1) is 0 Å². The molecule has 0 fully saturated rings. The summed E-state index contributed by atoms with van der Waals surface area (Å²) in [5.41, 5.74) is 10.8. The maximum Gasteiger partial charge on any atom is 0.0409 e. The molecule has 1 unspecified atom stereocenters. The van der Waals surface area contributed by atoms with Crippen molar-refractivity contribution in [1.82, 2.24) is 4.90 Å². The Hall–Kier alpha value is -1.51. The zero-order valence-electron chi connectivity index (χ0n) is 11.6. The fourth-order valence-corrected chi connectivity index (χ4v) is 3.32. The summed E-state index contributed by atoms with van der Waals surface area (Å²) in [4.78, 5) is 2.40. The van der Waals surface area contributed by atoms with E-state index in [1.807, 2.05) is 24.3 Å². The quantitative estimate of drug-likeness (QED) is 0.863. The van der Waals surface area contributed by atoms with Crippen molar-refractivity contribution in [1.29, 1.82) is 0 Å². The summed E-state index contributed by atoms with van der Waals surface area (Å²) in [5, 5.41) is 0.801. The molecule has 1 aliphatic carbocycles. The number of halogens is 1. The Labute approximate surface area is 125 Å². The molecule has 0 aromatic heterocycles. The van der Waals surface area contributed by atoms with Crippen LogP contribution in [0.15, 0.2) is 42.5 Å². The van der Waals surface area contributed by atoms with Gasteiger partial charge in [-0.25, -0.2) is 0 Å². The van der Waals surface area contributed by atoms with Crippen molar-refractivity contribution in [2.75, 3.05) is 12.8 Å². The first-order valence-corrected chi connectivity index (χ1v) is 7.34. The summed E-state index contributed by atoms with van der Waals surface area (Å²) in [6, 6.07) is 14.9. The van der Waals surface area contributed by atoms with Gasteiger partial charge >= 0.3 is 0 Å². The highest BCUT2D eigenvalue weighted by Crippen LogP contribution is 2.36. The van der Waals surface area contributed by atoms with Gasteiger partial charge in [0.2, 0.25) is 0 Å². The molecule has 3 heteroatoms. The Kier molecular flexibility index (Phi) is 3.68. The van der Waals surface area contributed by atoms with E-state index in [1.165, 1.54) is 16.7 Å². The van der Waals surface area contributed by atoms with Gasteiger partial charge in [0, 0.05) is 23.3 Å². The van der Waals surface area contributed by atoms with Gasteiger partial charge < -0.3 is 5.73 Å². The van der Waals surface area contributed by atoms with Crippen LogP contribution in [0.3, 0.4) is 0 Å². The molecule has 0 aliphatic heterocycles. The minimum Gasteiger partial charge on any atom is -0.399 e. The van der Waals surface area contributed by atoms with Crippen LogP contribution in [0.5, 0.6) is 0 Å². The van der Waals surface area contributed by atoms with Gasteiger partial charge in [-0.2, -0.15) is 0 Å². The second-order valence-corrected chi connectivity index (χ2v) is 5.99. The molecule has 0 saturated carbocycles. The minimum absolute atomic E-state index is 0.476. The van der Waals surface area contributed by atoms with Crippen molar-refractivity contribution in [2.24, 2.45) is 0 Å². The number of hydrogen-bond acceptors (Lipinski definition) is 2. The molecule has 1 aliphatic rings. The van der Waals surface area contributed by atoms with Crippen molar-refractivity contribution < 1.29 is 0 Å². The fourth-order valence-electron chi connectivity index (χ4n) is 3.11. The largest absolute Gasteiger partial charge is 0.399 e. The van der Waals surface area contributed by atoms with Gasteiger partial charge in [-0.15, -0.1) is 0 Å². The Bertz CT molecular complexity index is 624. The summed E-state index contributed by atoms with van der Waals surface area (Å²) >= 11 is 6.05. The molecular weight excluding hydrogens is 268 g/mol. The van der Waals surface area contributed by atoms with Gasteiger partial charge in [0.1, 0.15) is 0 Å². The van der Waals surface area contributed by atoms with Crippen LogP contribution in [0, 0.1) is 0 Å². The second kappa shape index (κ2) is 5.47. The van der Waals surface area contributed by atoms with E-state index in [4.69, 9.17) is 17.3 Å². The first-order valence-electron chi connectivity index (χ1n) is 6.96. The Morgan fingerprint density at radius 2 is 2.10 bits per heavy atom. The van der Waals surface area contributed by atoms with Crippen molar-refractivity contribution in [3.8, 4) is 0 Å². The molecule has 0 amide bonds. The highest BCUT2D eigenvalue weighted by molar-refractivity contribution is 6.30. The molecule has 20 heavy (non-hydrogen) atoms. The number of nitrogens with two attached hydrogens (primary N) is 1. The van der Waals surface area contributed by atoms with Crippen LogP contribution in [0.25, 0.3) is 0 Å². The Balaban J connectivity index is 1.78. The lowest BCUT2D eigenvalue weighted by atomic mass is 10.1. The van der Waals surface area contributed by atoms with Gasteiger partial charge in [0.25, 0.3) is 0 Å². The number of anilines is 1. The number of nitrogens with zero attached hydrogens (tertiary/aromatic N) is 1. The van der Waals surface area contributed by atoms with Crippen LogP contribution in [0.1, 0.15) is 29.2 Å². The minimum atomic E-state index is 0.476. The molecule has 0 spiro atoms. The zero-order chi connectivity index (χ0) is 14.1. The molecule has 1 atom stereocenters. The smallest absolute Gasteiger partial charge is 0.0409 e. The number of fused-ring (bicyclic) bond motifs is 1. The normalized spacial score (nSPS) is 17.4. The standard InChI is InChI=1S/C17H19ClN2/c1-20(11-12-3-2-4-14(18)9-12)17-8-5-13-10-15(19)6-7-16(13)17/h2-4,6-7,9-10,17H,5,8,11,19H2,1H3. The summed E-state index contributed by atoms with van der Waals surface area (Å²) in [6.45, 7) is 0.912. The lowest BCUT2D eigenvalue weighted by Crippen LogP contribution is -2.22. The van der Waals surface area contributed by atoms with E-state index in [9.17, 15) is 0 Å². The first kappa shape index (κ1) is 13.5. The molecule has 104 valence electrons. The molecule has 2 nitrogen and oxygen atoms in total. The first-order chi connectivity index (χ1) is 9.63. The summed E-state index contributed by atoms with van der Waals surface area (Å²) in [7, 11) is 2.18. The molecule has 2 aromatic carbocycles. The van der Waals surface area contributed by atoms with Crippen LogP contribution in [-0.2, 0) is 13.0 Å². The number of nitrogen functional groups attached to an aromatic ring is 1. The molecule has 0 saturated heterocycles. The third-order valence-electron chi connectivity index (χ3n) is 4.07. The summed E-state index contributed by atoms with van der Waals surface area (Å²) in [5.74, 6) is 0. The second-order valence-electron chi connectivity index (χ2n) is 5.56. The Morgan fingerprint density at radius 1 is 1.25 bits per heavy atom. The molecule has 3 rings (SSSR count). The van der Waals surface area contributed by atoms with E-state index < -0.39 is 0 Å². The number of benzene rings is 2. The lowest BCUT2D eigenvalue weighted by molar-refractivity contribution is 0.236. The Morgan fingerprint density at radius 3 is 2.90 bits per heavy atom. The van der Waals surface area contributed by atoms with Crippen molar-refractivity contribution >= 4 is 17.3 Å². The van der Waals surface area contributed by atoms with Crippen molar-refractivity contribution in [3.63, 3.8) is 0 Å². The monoisotopic (exact) mass is 286 g/mol. The third-order valence-corrected chi connectivity index (χ3v) is 4.30. The number of hydrogen-bond donors (Lipinski definition) is 1. The maximum absolute atomic E-state index is 6.05. The van der Waals surface area contributed by atoms with Gasteiger partial charge in [-0.05, 0) is 60.8 Å². The highest BCUT2D eigenvalue weighted by atomic mass is 35.5. The fraction of sp³-hybridized carbons (Fsp3) is 0.294. The average molecular weight is 287 g/mol. The van der Waals surface area contributed by atoms with Crippen LogP contribution in [0.4, 0.5) is 5.69 Å². The van der Waals surface area contributed by atoms with Crippen LogP contribution < -0.4 is 5.73 Å². The molecule has 0 radical (unpaired) electrons. The van der Waals surface area contributed by atoms with Crippen molar-refractivity contribution in [2.45, 2.75) is 25.4 Å². The van der Waals surface area contributed by atoms with Crippen molar-refractivity contribution in [3.05, 3.63) is 64.2 Å². The topological polar surface area (TPSA) is 29.3 Å². The third kappa shape index (κ3) is 2.67. The predicted molar refractivity (Wildman–Crippen MR) is 84.8 cm³/mol. The number of aryl methyl sites for hydroxylation is 1. The predicted octanol–water partition coefficient (Wildman–Crippen LogP) is 4.04. The van der Waals surface area contributed by atoms with E-state index >= 15 is 0 Å². The van der Waals surface area contributed by atoms with E-state index in [-0.39, 0.29) is 0 Å². The lowest BCUT2D eigenvalue weighted by Gasteiger charge is -2.25. The van der Waals surface area contributed by atoms with E-state index in [0.717, 1.165) is 30.1 Å². The van der Waals surface area contributed by atoms with Crippen LogP contribution in [-0.4, -0.2) is 11.9 Å². The molecular formula is C17H19ClN2. The average Bonchev–Trinajstić information content (AvgIpc) is 2.81. The molecule has 0 heterocycles.